The van der Waals surface area contributed by atoms with Crippen molar-refractivity contribution in [3.63, 3.8) is 0 Å². The average molecular weight is 287 g/mol. The summed E-state index contributed by atoms with van der Waals surface area (Å²) < 4.78 is 28.8. The smallest absolute Gasteiger partial charge is 0.127 e. The Morgan fingerprint density at radius 2 is 1.24 bits per heavy atom. The minimum Gasteiger partial charge on any atom is -0.306 e. The molecule has 1 heterocycles. The summed E-state index contributed by atoms with van der Waals surface area (Å²) in [4.78, 5) is 2.21. The third-order valence-corrected chi connectivity index (χ3v) is 4.62. The Hall–Kier alpha value is -1.74. The molecule has 0 spiro atoms. The van der Waals surface area contributed by atoms with Crippen LogP contribution in [0.25, 0.3) is 0 Å². The van der Waals surface area contributed by atoms with Crippen LogP contribution in [-0.2, 0) is 5.41 Å². The highest BCUT2D eigenvalue weighted by Gasteiger charge is 2.40. The minimum atomic E-state index is -0.566. The molecule has 1 nitrogen and oxygen atoms in total. The van der Waals surface area contributed by atoms with Gasteiger partial charge in [-0.25, -0.2) is 8.78 Å². The van der Waals surface area contributed by atoms with Crippen LogP contribution in [0.5, 0.6) is 0 Å². The fraction of sp³-hybridized carbons (Fsp3) is 0.333. The highest BCUT2D eigenvalue weighted by molar-refractivity contribution is 5.41. The fourth-order valence-electron chi connectivity index (χ4n) is 3.38. The molecular weight excluding hydrogens is 268 g/mol. The van der Waals surface area contributed by atoms with E-state index in [-0.39, 0.29) is 11.6 Å². The van der Waals surface area contributed by atoms with Gasteiger partial charge in [0.15, 0.2) is 0 Å². The Balaban J connectivity index is 2.17. The molecule has 3 rings (SSSR count). The first-order valence-electron chi connectivity index (χ1n) is 7.32. The average Bonchev–Trinajstić information content (AvgIpc) is 2.50. The van der Waals surface area contributed by atoms with Crippen molar-refractivity contribution in [1.82, 2.24) is 4.90 Å². The van der Waals surface area contributed by atoms with Gasteiger partial charge in [-0.3, -0.25) is 0 Å². The van der Waals surface area contributed by atoms with Gasteiger partial charge in [0, 0.05) is 5.41 Å². The number of hydrogen-bond acceptors (Lipinski definition) is 1. The summed E-state index contributed by atoms with van der Waals surface area (Å²) in [5.41, 5.74) is 0.662. The molecule has 2 aromatic rings. The van der Waals surface area contributed by atoms with Crippen molar-refractivity contribution in [2.24, 2.45) is 0 Å². The van der Waals surface area contributed by atoms with Crippen LogP contribution in [0.1, 0.15) is 24.0 Å². The molecule has 110 valence electrons. The third-order valence-electron chi connectivity index (χ3n) is 4.62. The Morgan fingerprint density at radius 3 is 1.67 bits per heavy atom. The maximum Gasteiger partial charge on any atom is 0.127 e. The van der Waals surface area contributed by atoms with Gasteiger partial charge in [-0.15, -0.1) is 0 Å². The number of halogens is 2. The predicted octanol–water partition coefficient (Wildman–Crippen LogP) is 3.98. The molecule has 21 heavy (non-hydrogen) atoms. The van der Waals surface area contributed by atoms with Crippen LogP contribution >= 0.6 is 0 Å². The van der Waals surface area contributed by atoms with E-state index in [0.717, 1.165) is 25.9 Å². The molecule has 1 fully saturated rings. The van der Waals surface area contributed by atoms with Gasteiger partial charge in [-0.2, -0.15) is 0 Å². The number of rotatable bonds is 2. The number of benzene rings is 2. The molecule has 0 aromatic heterocycles. The van der Waals surface area contributed by atoms with E-state index < -0.39 is 5.41 Å². The second-order valence-electron chi connectivity index (χ2n) is 5.85. The summed E-state index contributed by atoms with van der Waals surface area (Å²) >= 11 is 0. The Labute approximate surface area is 124 Å². The van der Waals surface area contributed by atoms with Gasteiger partial charge in [-0.1, -0.05) is 36.4 Å². The van der Waals surface area contributed by atoms with Crippen LogP contribution in [-0.4, -0.2) is 25.0 Å². The lowest BCUT2D eigenvalue weighted by Crippen LogP contribution is -2.42. The second-order valence-corrected chi connectivity index (χ2v) is 5.85. The summed E-state index contributed by atoms with van der Waals surface area (Å²) in [7, 11) is 2.05. The summed E-state index contributed by atoms with van der Waals surface area (Å²) in [5, 5.41) is 0. The topological polar surface area (TPSA) is 3.24 Å². The molecule has 0 aliphatic carbocycles. The number of likely N-dealkylation sites (tertiary alicyclic amines) is 1. The number of nitrogens with zero attached hydrogens (tertiary/aromatic N) is 1. The molecule has 3 heteroatoms. The van der Waals surface area contributed by atoms with Crippen molar-refractivity contribution in [1.29, 1.82) is 0 Å². The SMILES string of the molecule is CN1CCC(c2ccccc2F)(c2ccccc2F)CC1. The highest BCUT2D eigenvalue weighted by Crippen LogP contribution is 2.43. The maximum atomic E-state index is 14.4. The van der Waals surface area contributed by atoms with Crippen LogP contribution in [0.2, 0.25) is 0 Å². The summed E-state index contributed by atoms with van der Waals surface area (Å²) in [6.07, 6.45) is 1.46. The van der Waals surface area contributed by atoms with Crippen LogP contribution in [0.15, 0.2) is 48.5 Å². The van der Waals surface area contributed by atoms with Crippen molar-refractivity contribution >= 4 is 0 Å². The minimum absolute atomic E-state index is 0.245. The normalized spacial score (nSPS) is 18.6. The van der Waals surface area contributed by atoms with E-state index in [4.69, 9.17) is 0 Å². The lowest BCUT2D eigenvalue weighted by molar-refractivity contribution is 0.206. The van der Waals surface area contributed by atoms with Gasteiger partial charge >= 0.3 is 0 Å². The third kappa shape index (κ3) is 2.46. The van der Waals surface area contributed by atoms with E-state index in [2.05, 4.69) is 4.90 Å². The lowest BCUT2D eigenvalue weighted by atomic mass is 9.67. The van der Waals surface area contributed by atoms with Crippen molar-refractivity contribution in [2.45, 2.75) is 18.3 Å². The molecule has 0 radical (unpaired) electrons. The standard InChI is InChI=1S/C18H19F2N/c1-21-12-10-18(11-13-21,14-6-2-4-8-16(14)19)15-7-3-5-9-17(15)20/h2-9H,10-13H2,1H3. The zero-order chi connectivity index (χ0) is 14.9. The zero-order valence-electron chi connectivity index (χ0n) is 12.2. The van der Waals surface area contributed by atoms with Crippen LogP contribution in [0.3, 0.4) is 0 Å². The second kappa shape index (κ2) is 5.57. The van der Waals surface area contributed by atoms with E-state index in [0.29, 0.717) is 11.1 Å². The predicted molar refractivity (Wildman–Crippen MR) is 80.3 cm³/mol. The van der Waals surface area contributed by atoms with Crippen molar-refractivity contribution in [3.8, 4) is 0 Å². The number of hydrogen-bond donors (Lipinski definition) is 0. The summed E-state index contributed by atoms with van der Waals surface area (Å²) in [6.45, 7) is 1.67. The molecule has 0 atom stereocenters. The molecule has 0 unspecified atom stereocenters. The highest BCUT2D eigenvalue weighted by atomic mass is 19.1. The fourth-order valence-corrected chi connectivity index (χ4v) is 3.38. The monoisotopic (exact) mass is 287 g/mol. The summed E-state index contributed by atoms with van der Waals surface area (Å²) in [5.74, 6) is -0.490. The molecule has 0 saturated carbocycles. The van der Waals surface area contributed by atoms with Gasteiger partial charge < -0.3 is 4.90 Å². The van der Waals surface area contributed by atoms with Gasteiger partial charge in [0.1, 0.15) is 11.6 Å². The van der Waals surface area contributed by atoms with Gasteiger partial charge in [0.2, 0.25) is 0 Å². The van der Waals surface area contributed by atoms with E-state index in [1.165, 1.54) is 12.1 Å². The zero-order valence-corrected chi connectivity index (χ0v) is 12.2. The van der Waals surface area contributed by atoms with Crippen LogP contribution in [0.4, 0.5) is 8.78 Å². The van der Waals surface area contributed by atoms with Crippen LogP contribution in [0, 0.1) is 11.6 Å². The van der Waals surface area contributed by atoms with Crippen molar-refractivity contribution in [2.75, 3.05) is 20.1 Å². The van der Waals surface area contributed by atoms with Crippen molar-refractivity contribution in [3.05, 3.63) is 71.3 Å². The molecule has 1 aliphatic rings. The van der Waals surface area contributed by atoms with Gasteiger partial charge in [0.05, 0.1) is 0 Å². The quantitative estimate of drug-likeness (QED) is 0.807. The first kappa shape index (κ1) is 14.2. The largest absolute Gasteiger partial charge is 0.306 e. The Bertz CT molecular complexity index is 583. The molecule has 0 amide bonds. The van der Waals surface area contributed by atoms with Gasteiger partial charge in [-0.05, 0) is 56.2 Å². The molecule has 0 bridgehead atoms. The summed E-state index contributed by atoms with van der Waals surface area (Å²) in [6, 6.07) is 13.6. The van der Waals surface area contributed by atoms with E-state index in [9.17, 15) is 8.78 Å². The molecule has 1 aliphatic heterocycles. The molecule has 2 aromatic carbocycles. The van der Waals surface area contributed by atoms with Gasteiger partial charge in [0.25, 0.3) is 0 Å². The maximum absolute atomic E-state index is 14.4. The molecule has 1 saturated heterocycles. The molecular formula is C18H19F2N. The lowest BCUT2D eigenvalue weighted by Gasteiger charge is -2.42. The first-order chi connectivity index (χ1) is 10.1. The van der Waals surface area contributed by atoms with Crippen molar-refractivity contribution < 1.29 is 8.78 Å². The Kier molecular flexibility index (Phi) is 3.77. The van der Waals surface area contributed by atoms with E-state index >= 15 is 0 Å². The Morgan fingerprint density at radius 1 is 0.810 bits per heavy atom. The van der Waals surface area contributed by atoms with E-state index in [1.54, 1.807) is 24.3 Å². The molecule has 0 N–H and O–H groups in total. The first-order valence-corrected chi connectivity index (χ1v) is 7.32. The number of piperidine rings is 1. The van der Waals surface area contributed by atoms with E-state index in [1.807, 2.05) is 19.2 Å². The van der Waals surface area contributed by atoms with Crippen LogP contribution < -0.4 is 0 Å².